The zero-order valence-corrected chi connectivity index (χ0v) is 11.4. The molecule has 0 heterocycles. The number of hydrogen-bond donors (Lipinski definition) is 3. The molecule has 2 rings (SSSR count). The van der Waals surface area contributed by atoms with Crippen LogP contribution in [0.3, 0.4) is 0 Å². The van der Waals surface area contributed by atoms with Crippen molar-refractivity contribution in [3.05, 3.63) is 65.5 Å². The Morgan fingerprint density at radius 1 is 1.24 bits per heavy atom. The molecule has 0 aliphatic carbocycles. The van der Waals surface area contributed by atoms with Gasteiger partial charge in [-0.3, -0.25) is 4.79 Å². The number of amides is 1. The first kappa shape index (κ1) is 15.0. The molecule has 0 aromatic heterocycles. The molecule has 0 spiro atoms. The molecule has 4 nitrogen and oxygen atoms in total. The van der Waals surface area contributed by atoms with E-state index in [1.54, 1.807) is 0 Å². The zero-order chi connectivity index (χ0) is 15.2. The summed E-state index contributed by atoms with van der Waals surface area (Å²) in [6.45, 7) is -0.232. The number of aliphatic hydroxyl groups excluding tert-OH is 1. The van der Waals surface area contributed by atoms with Crippen molar-refractivity contribution in [3.8, 4) is 0 Å². The fourth-order valence-electron chi connectivity index (χ4n) is 2.04. The molecule has 0 bridgehead atoms. The van der Waals surface area contributed by atoms with Crippen molar-refractivity contribution < 1.29 is 14.3 Å². The maximum Gasteiger partial charge on any atom is 0.254 e. The van der Waals surface area contributed by atoms with E-state index in [2.05, 4.69) is 5.32 Å². The van der Waals surface area contributed by atoms with Crippen molar-refractivity contribution in [2.45, 2.75) is 12.5 Å². The molecule has 0 fully saturated rings. The molecule has 0 aliphatic rings. The van der Waals surface area contributed by atoms with Gasteiger partial charge in [-0.25, -0.2) is 4.39 Å². The number of hydrogen-bond acceptors (Lipinski definition) is 3. The number of nitrogens with one attached hydrogen (secondary N) is 1. The van der Waals surface area contributed by atoms with Gasteiger partial charge in [0.2, 0.25) is 0 Å². The highest BCUT2D eigenvalue weighted by Gasteiger charge is 2.17. The zero-order valence-electron chi connectivity index (χ0n) is 11.4. The Bertz CT molecular complexity index is 617. The molecule has 1 atom stereocenters. The molecular formula is C16H17FN2O2. The van der Waals surface area contributed by atoms with Gasteiger partial charge in [0.05, 0.1) is 18.2 Å². The molecule has 0 unspecified atom stereocenters. The average Bonchev–Trinajstić information content (AvgIpc) is 2.50. The van der Waals surface area contributed by atoms with Gasteiger partial charge in [-0.15, -0.1) is 0 Å². The van der Waals surface area contributed by atoms with Crippen LogP contribution >= 0.6 is 0 Å². The fourth-order valence-corrected chi connectivity index (χ4v) is 2.04. The normalized spacial score (nSPS) is 11.9. The Kier molecular flexibility index (Phi) is 4.90. The summed E-state index contributed by atoms with van der Waals surface area (Å²) >= 11 is 0. The van der Waals surface area contributed by atoms with Crippen molar-refractivity contribution in [1.29, 1.82) is 0 Å². The minimum Gasteiger partial charge on any atom is -0.399 e. The van der Waals surface area contributed by atoms with Crippen LogP contribution in [0.5, 0.6) is 0 Å². The maximum atomic E-state index is 13.6. The number of anilines is 1. The quantitative estimate of drug-likeness (QED) is 0.734. The Morgan fingerprint density at radius 2 is 1.95 bits per heavy atom. The van der Waals surface area contributed by atoms with E-state index < -0.39 is 17.8 Å². The highest BCUT2D eigenvalue weighted by molar-refractivity contribution is 5.95. The SMILES string of the molecule is Nc1ccc(F)c(C(=O)N[C@@H](CO)Cc2ccccc2)c1. The van der Waals surface area contributed by atoms with E-state index in [1.807, 2.05) is 30.3 Å². The first-order chi connectivity index (χ1) is 10.1. The van der Waals surface area contributed by atoms with E-state index in [0.717, 1.165) is 11.6 Å². The van der Waals surface area contributed by atoms with Crippen molar-refractivity contribution in [2.75, 3.05) is 12.3 Å². The average molecular weight is 288 g/mol. The van der Waals surface area contributed by atoms with Crippen LogP contribution in [0.2, 0.25) is 0 Å². The molecule has 0 saturated heterocycles. The molecular weight excluding hydrogens is 271 g/mol. The molecule has 2 aromatic carbocycles. The van der Waals surface area contributed by atoms with E-state index in [4.69, 9.17) is 5.73 Å². The summed E-state index contributed by atoms with van der Waals surface area (Å²) in [5.41, 5.74) is 6.72. The topological polar surface area (TPSA) is 75.4 Å². The fraction of sp³-hybridized carbons (Fsp3) is 0.188. The number of carbonyl (C=O) groups excluding carboxylic acids is 1. The molecule has 21 heavy (non-hydrogen) atoms. The van der Waals surface area contributed by atoms with Crippen LogP contribution in [0, 0.1) is 5.82 Å². The van der Waals surface area contributed by atoms with Crippen LogP contribution in [0.15, 0.2) is 48.5 Å². The smallest absolute Gasteiger partial charge is 0.254 e. The Balaban J connectivity index is 2.07. The summed E-state index contributed by atoms with van der Waals surface area (Å²) in [4.78, 5) is 12.1. The van der Waals surface area contributed by atoms with Crippen molar-refractivity contribution >= 4 is 11.6 Å². The number of nitrogens with two attached hydrogens (primary N) is 1. The number of nitrogen functional groups attached to an aromatic ring is 1. The maximum absolute atomic E-state index is 13.6. The van der Waals surface area contributed by atoms with Gasteiger partial charge in [-0.05, 0) is 30.2 Å². The van der Waals surface area contributed by atoms with Crippen LogP contribution in [0.1, 0.15) is 15.9 Å². The lowest BCUT2D eigenvalue weighted by atomic mass is 10.1. The first-order valence-electron chi connectivity index (χ1n) is 6.61. The van der Waals surface area contributed by atoms with E-state index in [0.29, 0.717) is 12.1 Å². The van der Waals surface area contributed by atoms with Gasteiger partial charge in [-0.1, -0.05) is 30.3 Å². The molecule has 110 valence electrons. The van der Waals surface area contributed by atoms with Crippen LogP contribution in [-0.4, -0.2) is 23.7 Å². The van der Waals surface area contributed by atoms with E-state index >= 15 is 0 Å². The Labute approximate surface area is 122 Å². The van der Waals surface area contributed by atoms with Crippen LogP contribution in [0.25, 0.3) is 0 Å². The highest BCUT2D eigenvalue weighted by Crippen LogP contribution is 2.12. The summed E-state index contributed by atoms with van der Waals surface area (Å²) in [5, 5.41) is 12.0. The predicted octanol–water partition coefficient (Wildman–Crippen LogP) is 1.74. The lowest BCUT2D eigenvalue weighted by Gasteiger charge is -2.17. The molecule has 0 saturated carbocycles. The van der Waals surface area contributed by atoms with E-state index in [9.17, 15) is 14.3 Å². The standard InChI is InChI=1S/C16H17FN2O2/c17-15-7-6-12(18)9-14(15)16(21)19-13(10-20)8-11-4-2-1-3-5-11/h1-7,9,13,20H,8,10,18H2,(H,19,21)/t13-/m1/s1. The largest absolute Gasteiger partial charge is 0.399 e. The van der Waals surface area contributed by atoms with E-state index in [1.165, 1.54) is 12.1 Å². The van der Waals surface area contributed by atoms with Crippen molar-refractivity contribution in [1.82, 2.24) is 5.32 Å². The monoisotopic (exact) mass is 288 g/mol. The van der Waals surface area contributed by atoms with Gasteiger partial charge in [0.25, 0.3) is 5.91 Å². The van der Waals surface area contributed by atoms with Crippen molar-refractivity contribution in [3.63, 3.8) is 0 Å². The second-order valence-electron chi connectivity index (χ2n) is 4.78. The van der Waals surface area contributed by atoms with E-state index in [-0.39, 0.29) is 12.2 Å². The predicted molar refractivity (Wildman–Crippen MR) is 79.3 cm³/mol. The van der Waals surface area contributed by atoms with Gasteiger partial charge in [0.1, 0.15) is 5.82 Å². The number of carbonyl (C=O) groups is 1. The van der Waals surface area contributed by atoms with Gasteiger partial charge in [0.15, 0.2) is 0 Å². The minimum atomic E-state index is -0.641. The van der Waals surface area contributed by atoms with Crippen LogP contribution < -0.4 is 11.1 Å². The second-order valence-corrected chi connectivity index (χ2v) is 4.78. The third kappa shape index (κ3) is 4.03. The number of rotatable bonds is 5. The Hall–Kier alpha value is -2.40. The molecule has 0 radical (unpaired) electrons. The third-order valence-corrected chi connectivity index (χ3v) is 3.12. The lowest BCUT2D eigenvalue weighted by molar-refractivity contribution is 0.0912. The van der Waals surface area contributed by atoms with Gasteiger partial charge in [0, 0.05) is 5.69 Å². The molecule has 5 heteroatoms. The molecule has 0 aliphatic heterocycles. The van der Waals surface area contributed by atoms with Gasteiger partial charge >= 0.3 is 0 Å². The number of halogens is 1. The highest BCUT2D eigenvalue weighted by atomic mass is 19.1. The van der Waals surface area contributed by atoms with Gasteiger partial charge in [-0.2, -0.15) is 0 Å². The lowest BCUT2D eigenvalue weighted by Crippen LogP contribution is -2.39. The van der Waals surface area contributed by atoms with Crippen LogP contribution in [-0.2, 0) is 6.42 Å². The number of aliphatic hydroxyl groups is 1. The Morgan fingerprint density at radius 3 is 2.62 bits per heavy atom. The van der Waals surface area contributed by atoms with Crippen molar-refractivity contribution in [2.24, 2.45) is 0 Å². The molecule has 1 amide bonds. The summed E-state index contributed by atoms with van der Waals surface area (Å²) in [7, 11) is 0. The first-order valence-corrected chi connectivity index (χ1v) is 6.61. The van der Waals surface area contributed by atoms with Crippen LogP contribution in [0.4, 0.5) is 10.1 Å². The van der Waals surface area contributed by atoms with Gasteiger partial charge < -0.3 is 16.2 Å². The summed E-state index contributed by atoms with van der Waals surface area (Å²) in [5.74, 6) is -1.23. The third-order valence-electron chi connectivity index (χ3n) is 3.12. The summed E-state index contributed by atoms with van der Waals surface area (Å²) in [6.07, 6.45) is 0.465. The number of benzene rings is 2. The molecule has 4 N–H and O–H groups in total. The minimum absolute atomic E-state index is 0.124. The summed E-state index contributed by atoms with van der Waals surface area (Å²) < 4.78 is 13.6. The second kappa shape index (κ2) is 6.85. The molecule has 2 aromatic rings. The summed E-state index contributed by atoms with van der Waals surface area (Å²) in [6, 6.07) is 12.8.